The van der Waals surface area contributed by atoms with E-state index in [0.29, 0.717) is 0 Å². The summed E-state index contributed by atoms with van der Waals surface area (Å²) in [4.78, 5) is 2.55. The van der Waals surface area contributed by atoms with E-state index >= 15 is 0 Å². The van der Waals surface area contributed by atoms with Crippen LogP contribution in [0.5, 0.6) is 0 Å². The van der Waals surface area contributed by atoms with E-state index in [4.69, 9.17) is 5.10 Å². The van der Waals surface area contributed by atoms with Crippen LogP contribution in [0.3, 0.4) is 0 Å². The zero-order chi connectivity index (χ0) is 14.8. The Hall–Kier alpha value is -0.390. The van der Waals surface area contributed by atoms with Gasteiger partial charge in [0, 0.05) is 38.3 Å². The van der Waals surface area contributed by atoms with Crippen molar-refractivity contribution in [1.82, 2.24) is 20.0 Å². The third-order valence-electron chi connectivity index (χ3n) is 4.40. The van der Waals surface area contributed by atoms with Crippen LogP contribution in [0.2, 0.25) is 0 Å². The second kappa shape index (κ2) is 6.58. The fourth-order valence-electron chi connectivity index (χ4n) is 2.90. The highest BCUT2D eigenvalue weighted by atomic mass is 79.9. The standard InChI is InChI=1S/C15H27BrN4/c1-5-12-14(16)13(20(7-3)18-12)10-19-9-8-17-15(4,6-2)11-19/h17H,5-11H2,1-4H3. The van der Waals surface area contributed by atoms with Gasteiger partial charge in [-0.05, 0) is 42.6 Å². The number of aromatic nitrogens is 2. The zero-order valence-corrected chi connectivity index (χ0v) is 14.8. The Morgan fingerprint density at radius 3 is 2.70 bits per heavy atom. The smallest absolute Gasteiger partial charge is 0.0767 e. The number of hydrogen-bond donors (Lipinski definition) is 1. The van der Waals surface area contributed by atoms with E-state index in [1.165, 1.54) is 15.9 Å². The highest BCUT2D eigenvalue weighted by Crippen LogP contribution is 2.25. The molecule has 0 amide bonds. The summed E-state index contributed by atoms with van der Waals surface area (Å²) >= 11 is 3.75. The number of halogens is 1. The van der Waals surface area contributed by atoms with Crippen molar-refractivity contribution in [1.29, 1.82) is 0 Å². The van der Waals surface area contributed by atoms with E-state index in [2.05, 4.69) is 58.5 Å². The minimum atomic E-state index is 0.245. The van der Waals surface area contributed by atoms with Crippen LogP contribution >= 0.6 is 15.9 Å². The first kappa shape index (κ1) is 16.0. The summed E-state index contributed by atoms with van der Waals surface area (Å²) in [5, 5.41) is 8.34. The Labute approximate surface area is 131 Å². The summed E-state index contributed by atoms with van der Waals surface area (Å²) < 4.78 is 3.35. The van der Waals surface area contributed by atoms with Gasteiger partial charge in [-0.25, -0.2) is 0 Å². The molecule has 1 aliphatic rings. The second-order valence-corrected chi connectivity index (χ2v) is 6.72. The zero-order valence-electron chi connectivity index (χ0n) is 13.2. The predicted octanol–water partition coefficient (Wildman–Crippen LogP) is 2.80. The molecule has 2 heterocycles. The van der Waals surface area contributed by atoms with Gasteiger partial charge in [0.25, 0.3) is 0 Å². The van der Waals surface area contributed by atoms with Gasteiger partial charge in [0.15, 0.2) is 0 Å². The molecular weight excluding hydrogens is 316 g/mol. The monoisotopic (exact) mass is 342 g/mol. The Bertz CT molecular complexity index is 457. The Balaban J connectivity index is 2.15. The quantitative estimate of drug-likeness (QED) is 0.893. The van der Waals surface area contributed by atoms with Crippen molar-refractivity contribution in [2.75, 3.05) is 19.6 Å². The van der Waals surface area contributed by atoms with Crippen molar-refractivity contribution in [3.8, 4) is 0 Å². The highest BCUT2D eigenvalue weighted by Gasteiger charge is 2.29. The highest BCUT2D eigenvalue weighted by molar-refractivity contribution is 9.10. The number of nitrogens with zero attached hydrogens (tertiary/aromatic N) is 3. The first-order chi connectivity index (χ1) is 9.53. The van der Waals surface area contributed by atoms with E-state index in [-0.39, 0.29) is 5.54 Å². The van der Waals surface area contributed by atoms with Gasteiger partial charge in [-0.3, -0.25) is 9.58 Å². The third-order valence-corrected chi connectivity index (χ3v) is 5.32. The van der Waals surface area contributed by atoms with Crippen LogP contribution in [0.25, 0.3) is 0 Å². The van der Waals surface area contributed by atoms with Crippen LogP contribution in [-0.2, 0) is 19.5 Å². The molecule has 0 aliphatic carbocycles. The predicted molar refractivity (Wildman–Crippen MR) is 87.0 cm³/mol. The molecule has 1 atom stereocenters. The molecule has 1 aromatic rings. The lowest BCUT2D eigenvalue weighted by Crippen LogP contribution is -2.58. The van der Waals surface area contributed by atoms with Crippen molar-refractivity contribution >= 4 is 15.9 Å². The average Bonchev–Trinajstić information content (AvgIpc) is 2.75. The fraction of sp³-hybridized carbons (Fsp3) is 0.800. The molecule has 1 N–H and O–H groups in total. The van der Waals surface area contributed by atoms with Gasteiger partial charge in [0.1, 0.15) is 0 Å². The summed E-state index contributed by atoms with van der Waals surface area (Å²) in [6.07, 6.45) is 2.15. The maximum absolute atomic E-state index is 4.70. The molecule has 20 heavy (non-hydrogen) atoms. The molecule has 2 rings (SSSR count). The minimum absolute atomic E-state index is 0.245. The minimum Gasteiger partial charge on any atom is -0.309 e. The number of hydrogen-bond acceptors (Lipinski definition) is 3. The second-order valence-electron chi connectivity index (χ2n) is 5.93. The van der Waals surface area contributed by atoms with Crippen molar-refractivity contribution in [3.05, 3.63) is 15.9 Å². The van der Waals surface area contributed by atoms with Crippen molar-refractivity contribution in [2.45, 2.75) is 59.2 Å². The van der Waals surface area contributed by atoms with Crippen molar-refractivity contribution in [3.63, 3.8) is 0 Å². The van der Waals surface area contributed by atoms with Gasteiger partial charge in [-0.2, -0.15) is 5.10 Å². The summed E-state index contributed by atoms with van der Waals surface area (Å²) in [5.41, 5.74) is 2.75. The van der Waals surface area contributed by atoms with Gasteiger partial charge in [-0.1, -0.05) is 13.8 Å². The molecule has 0 aromatic carbocycles. The molecule has 4 nitrogen and oxygen atoms in total. The van der Waals surface area contributed by atoms with Gasteiger partial charge in [0.2, 0.25) is 0 Å². The maximum Gasteiger partial charge on any atom is 0.0767 e. The largest absolute Gasteiger partial charge is 0.309 e. The SMILES string of the molecule is CCc1nn(CC)c(CN2CCNC(C)(CC)C2)c1Br. The van der Waals surface area contributed by atoms with Gasteiger partial charge < -0.3 is 5.32 Å². The topological polar surface area (TPSA) is 33.1 Å². The third kappa shape index (κ3) is 3.26. The molecule has 1 saturated heterocycles. The molecule has 0 saturated carbocycles. The Kier molecular flexibility index (Phi) is 5.26. The number of piperazine rings is 1. The Morgan fingerprint density at radius 2 is 2.10 bits per heavy atom. The molecule has 1 aliphatic heterocycles. The van der Waals surface area contributed by atoms with Gasteiger partial charge in [-0.15, -0.1) is 0 Å². The van der Waals surface area contributed by atoms with E-state index in [1.54, 1.807) is 0 Å². The molecular formula is C15H27BrN4. The first-order valence-electron chi connectivity index (χ1n) is 7.74. The van der Waals surface area contributed by atoms with Crippen LogP contribution in [0.4, 0.5) is 0 Å². The summed E-state index contributed by atoms with van der Waals surface area (Å²) in [7, 11) is 0. The van der Waals surface area contributed by atoms with E-state index in [9.17, 15) is 0 Å². The van der Waals surface area contributed by atoms with Crippen LogP contribution in [0.15, 0.2) is 4.47 Å². The van der Waals surface area contributed by atoms with Gasteiger partial charge in [0.05, 0.1) is 15.9 Å². The Morgan fingerprint density at radius 1 is 1.35 bits per heavy atom. The van der Waals surface area contributed by atoms with Gasteiger partial charge >= 0.3 is 0 Å². The summed E-state index contributed by atoms with van der Waals surface area (Å²) in [6.45, 7) is 14.1. The van der Waals surface area contributed by atoms with E-state index in [1.807, 2.05) is 0 Å². The lowest BCUT2D eigenvalue weighted by Gasteiger charge is -2.41. The molecule has 1 unspecified atom stereocenters. The summed E-state index contributed by atoms with van der Waals surface area (Å²) in [6, 6.07) is 0. The molecule has 0 spiro atoms. The van der Waals surface area contributed by atoms with Crippen LogP contribution in [0, 0.1) is 0 Å². The van der Waals surface area contributed by atoms with Crippen LogP contribution < -0.4 is 5.32 Å². The van der Waals surface area contributed by atoms with Crippen molar-refractivity contribution in [2.24, 2.45) is 0 Å². The van der Waals surface area contributed by atoms with Crippen molar-refractivity contribution < 1.29 is 0 Å². The lowest BCUT2D eigenvalue weighted by molar-refractivity contribution is 0.130. The fourth-order valence-corrected chi connectivity index (χ4v) is 3.59. The van der Waals surface area contributed by atoms with E-state index in [0.717, 1.165) is 45.6 Å². The lowest BCUT2D eigenvalue weighted by atomic mass is 9.96. The molecule has 114 valence electrons. The molecule has 0 radical (unpaired) electrons. The average molecular weight is 343 g/mol. The van der Waals surface area contributed by atoms with E-state index < -0.39 is 0 Å². The number of nitrogens with one attached hydrogen (secondary N) is 1. The van der Waals surface area contributed by atoms with Crippen LogP contribution in [0.1, 0.15) is 45.5 Å². The number of aryl methyl sites for hydroxylation is 2. The first-order valence-corrected chi connectivity index (χ1v) is 8.53. The maximum atomic E-state index is 4.70. The number of rotatable bonds is 5. The molecule has 1 aromatic heterocycles. The summed E-state index contributed by atoms with van der Waals surface area (Å²) in [5.74, 6) is 0. The molecule has 5 heteroatoms. The normalized spacial score (nSPS) is 24.2. The molecule has 1 fully saturated rings. The molecule has 0 bridgehead atoms. The van der Waals surface area contributed by atoms with Crippen LogP contribution in [-0.4, -0.2) is 39.9 Å².